The van der Waals surface area contributed by atoms with Crippen LogP contribution in [0.15, 0.2) is 0 Å². The number of carboxylic acids is 1. The highest BCUT2D eigenvalue weighted by molar-refractivity contribution is 5.79. The molecular weight excluding hydrogens is 308 g/mol. The van der Waals surface area contributed by atoms with Gasteiger partial charge in [0, 0.05) is 19.3 Å². The lowest BCUT2D eigenvalue weighted by molar-refractivity contribution is -0.227. The number of alkyl halides is 2. The molecule has 0 aromatic carbocycles. The molecule has 0 aromatic rings. The molecule has 130 valence electrons. The van der Waals surface area contributed by atoms with Crippen molar-refractivity contribution in [2.24, 2.45) is 5.41 Å². The fourth-order valence-corrected chi connectivity index (χ4v) is 4.21. The number of halogens is 2. The number of rotatable bonds is 2. The lowest BCUT2D eigenvalue weighted by atomic mass is 9.42. The fraction of sp³-hybridized carbons (Fsp3) is 0.875. The van der Waals surface area contributed by atoms with Crippen molar-refractivity contribution in [1.29, 1.82) is 0 Å². The minimum absolute atomic E-state index is 0.259. The largest absolute Gasteiger partial charge is 0.481 e. The van der Waals surface area contributed by atoms with Crippen molar-refractivity contribution in [1.82, 2.24) is 5.32 Å². The van der Waals surface area contributed by atoms with E-state index in [0.29, 0.717) is 19.3 Å². The van der Waals surface area contributed by atoms with Crippen LogP contribution in [-0.4, -0.2) is 39.6 Å². The average molecular weight is 331 g/mol. The van der Waals surface area contributed by atoms with E-state index in [1.807, 2.05) is 20.8 Å². The Bertz CT molecular complexity index is 529. The maximum Gasteiger partial charge on any atom is 0.408 e. The van der Waals surface area contributed by atoms with E-state index in [4.69, 9.17) is 9.84 Å². The summed E-state index contributed by atoms with van der Waals surface area (Å²) in [6, 6.07) is 0. The van der Waals surface area contributed by atoms with E-state index in [1.54, 1.807) is 0 Å². The third kappa shape index (κ3) is 2.78. The Morgan fingerprint density at radius 2 is 1.43 bits per heavy atom. The third-order valence-electron chi connectivity index (χ3n) is 5.15. The standard InChI is InChI=1S/C10H16FNO2.C6H7FO2/c1-8(2,3)14-7(13)12-10-4-9(11,5-10)6-10;7-6-1-5(2-6,3-6)4(8)9/h4-6H2,1-3H3,(H,12,13);1-3H2,(H,8,9). The molecular formula is C16H23F2NO4. The number of carboxylic acid groups (broad SMARTS) is 1. The zero-order valence-corrected chi connectivity index (χ0v) is 13.7. The first-order chi connectivity index (χ1) is 10.3. The van der Waals surface area contributed by atoms with Crippen LogP contribution in [0, 0.1) is 5.41 Å². The number of nitrogens with one attached hydrogen (secondary N) is 1. The molecule has 0 aliphatic heterocycles. The van der Waals surface area contributed by atoms with E-state index in [-0.39, 0.29) is 24.8 Å². The Hall–Kier alpha value is -1.40. The Morgan fingerprint density at radius 1 is 1.00 bits per heavy atom. The number of alkyl carbamates (subject to hydrolysis) is 1. The molecule has 2 N–H and O–H groups in total. The predicted octanol–water partition coefficient (Wildman–Crippen LogP) is 3.12. The molecule has 1 amide bonds. The van der Waals surface area contributed by atoms with E-state index in [1.165, 1.54) is 0 Å². The zero-order valence-electron chi connectivity index (χ0n) is 13.7. The monoisotopic (exact) mass is 331 g/mol. The van der Waals surface area contributed by atoms with Crippen molar-refractivity contribution in [3.05, 3.63) is 0 Å². The minimum atomic E-state index is -1.07. The topological polar surface area (TPSA) is 75.6 Å². The number of hydrogen-bond donors (Lipinski definition) is 2. The van der Waals surface area contributed by atoms with Crippen LogP contribution in [0.2, 0.25) is 0 Å². The molecule has 0 aromatic heterocycles. The summed E-state index contributed by atoms with van der Waals surface area (Å²) in [5, 5.41) is 11.2. The summed E-state index contributed by atoms with van der Waals surface area (Å²) in [4.78, 5) is 21.7. The van der Waals surface area contributed by atoms with Crippen LogP contribution in [0.3, 0.4) is 0 Å². The average Bonchev–Trinajstić information content (AvgIpc) is 2.17. The quantitative estimate of drug-likeness (QED) is 0.815. The van der Waals surface area contributed by atoms with Crippen LogP contribution in [0.25, 0.3) is 0 Å². The molecule has 5 nitrogen and oxygen atoms in total. The molecule has 0 unspecified atom stereocenters. The molecule has 0 atom stereocenters. The van der Waals surface area contributed by atoms with Gasteiger partial charge in [-0.05, 0) is 40.0 Å². The van der Waals surface area contributed by atoms with Gasteiger partial charge in [0.1, 0.15) is 16.9 Å². The van der Waals surface area contributed by atoms with Gasteiger partial charge in [-0.3, -0.25) is 4.79 Å². The van der Waals surface area contributed by atoms with Gasteiger partial charge in [0.05, 0.1) is 11.0 Å². The highest BCUT2D eigenvalue weighted by Crippen LogP contribution is 2.69. The molecule has 0 saturated heterocycles. The van der Waals surface area contributed by atoms with Crippen LogP contribution in [0.5, 0.6) is 0 Å². The van der Waals surface area contributed by atoms with Gasteiger partial charge < -0.3 is 15.2 Å². The summed E-state index contributed by atoms with van der Waals surface area (Å²) in [5.41, 5.74) is -3.44. The summed E-state index contributed by atoms with van der Waals surface area (Å²) in [6.45, 7) is 5.43. The van der Waals surface area contributed by atoms with Crippen molar-refractivity contribution >= 4 is 12.1 Å². The lowest BCUT2D eigenvalue weighted by Gasteiger charge is -2.65. The van der Waals surface area contributed by atoms with Crippen molar-refractivity contribution in [3.63, 3.8) is 0 Å². The summed E-state index contributed by atoms with van der Waals surface area (Å²) in [7, 11) is 0. The maximum absolute atomic E-state index is 13.1. The Balaban J connectivity index is 0.000000149. The predicted molar refractivity (Wildman–Crippen MR) is 77.5 cm³/mol. The smallest absolute Gasteiger partial charge is 0.408 e. The number of carbonyl (C=O) groups excluding carboxylic acids is 1. The Labute approximate surface area is 133 Å². The molecule has 0 heterocycles. The van der Waals surface area contributed by atoms with Crippen molar-refractivity contribution in [2.75, 3.05) is 0 Å². The molecule has 6 saturated carbocycles. The molecule has 0 radical (unpaired) electrons. The molecule has 23 heavy (non-hydrogen) atoms. The van der Waals surface area contributed by atoms with Gasteiger partial charge in [0.25, 0.3) is 0 Å². The van der Waals surface area contributed by atoms with E-state index in [9.17, 15) is 18.4 Å². The second kappa shape index (κ2) is 4.36. The van der Waals surface area contributed by atoms with Gasteiger partial charge in [-0.1, -0.05) is 0 Å². The highest BCUT2D eigenvalue weighted by Gasteiger charge is 2.73. The van der Waals surface area contributed by atoms with Crippen LogP contribution in [0.4, 0.5) is 13.6 Å². The Kier molecular flexibility index (Phi) is 3.12. The SMILES string of the molecule is CC(C)(C)OC(=O)NC12CC(F)(C1)C2.O=C(O)C12CC(F)(C1)C2. The molecule has 7 heteroatoms. The normalized spacial score (nSPS) is 44.9. The first kappa shape index (κ1) is 16.5. The minimum Gasteiger partial charge on any atom is -0.481 e. The first-order valence-electron chi connectivity index (χ1n) is 7.91. The fourth-order valence-electron chi connectivity index (χ4n) is 4.21. The summed E-state index contributed by atoms with van der Waals surface area (Å²) < 4.78 is 30.8. The van der Waals surface area contributed by atoms with Crippen LogP contribution >= 0.6 is 0 Å². The molecule has 6 aliphatic rings. The first-order valence-corrected chi connectivity index (χ1v) is 7.91. The molecule has 4 bridgehead atoms. The number of carbonyl (C=O) groups is 2. The second-order valence-corrected chi connectivity index (χ2v) is 8.86. The summed E-state index contributed by atoms with van der Waals surface area (Å²) >= 11 is 0. The highest BCUT2D eigenvalue weighted by atomic mass is 19.1. The van der Waals surface area contributed by atoms with E-state index < -0.39 is 34.4 Å². The van der Waals surface area contributed by atoms with Crippen molar-refractivity contribution in [2.45, 2.75) is 81.8 Å². The van der Waals surface area contributed by atoms with Gasteiger partial charge in [0.2, 0.25) is 0 Å². The van der Waals surface area contributed by atoms with E-state index in [2.05, 4.69) is 5.32 Å². The van der Waals surface area contributed by atoms with Crippen LogP contribution < -0.4 is 5.32 Å². The summed E-state index contributed by atoms with van der Waals surface area (Å²) in [6.07, 6.45) is 1.72. The second-order valence-electron chi connectivity index (χ2n) is 8.86. The van der Waals surface area contributed by atoms with Gasteiger partial charge >= 0.3 is 12.1 Å². The lowest BCUT2D eigenvalue weighted by Crippen LogP contribution is -2.77. The molecule has 6 aliphatic carbocycles. The molecule has 0 spiro atoms. The van der Waals surface area contributed by atoms with Crippen LogP contribution in [-0.2, 0) is 9.53 Å². The van der Waals surface area contributed by atoms with Gasteiger partial charge in [0.15, 0.2) is 0 Å². The molecule has 6 rings (SSSR count). The van der Waals surface area contributed by atoms with Gasteiger partial charge in [-0.15, -0.1) is 0 Å². The number of amides is 1. The van der Waals surface area contributed by atoms with Crippen molar-refractivity contribution < 1.29 is 28.2 Å². The third-order valence-corrected chi connectivity index (χ3v) is 5.15. The van der Waals surface area contributed by atoms with E-state index in [0.717, 1.165) is 0 Å². The van der Waals surface area contributed by atoms with Crippen molar-refractivity contribution in [3.8, 4) is 0 Å². The zero-order chi connectivity index (χ0) is 17.3. The van der Waals surface area contributed by atoms with E-state index >= 15 is 0 Å². The number of hydrogen-bond acceptors (Lipinski definition) is 3. The Morgan fingerprint density at radius 3 is 1.70 bits per heavy atom. The summed E-state index contributed by atoms with van der Waals surface area (Å²) in [5.74, 6) is -0.818. The van der Waals surface area contributed by atoms with Gasteiger partial charge in [-0.25, -0.2) is 13.6 Å². The maximum atomic E-state index is 13.1. The molecule has 6 fully saturated rings. The number of ether oxygens (including phenoxy) is 1. The van der Waals surface area contributed by atoms with Gasteiger partial charge in [-0.2, -0.15) is 0 Å². The van der Waals surface area contributed by atoms with Crippen LogP contribution in [0.1, 0.15) is 59.3 Å². The number of aliphatic carboxylic acids is 1.